The van der Waals surface area contributed by atoms with Gasteiger partial charge in [0.25, 0.3) is 0 Å². The van der Waals surface area contributed by atoms with Crippen molar-refractivity contribution in [3.05, 3.63) is 60.4 Å². The normalized spacial score (nSPS) is 12.0. The molecule has 0 saturated carbocycles. The fourth-order valence-corrected chi connectivity index (χ4v) is 3.60. The molecular formula is C18H16F3N5O3S. The Morgan fingerprint density at radius 2 is 1.87 bits per heavy atom. The van der Waals surface area contributed by atoms with Crippen LogP contribution in [-0.2, 0) is 28.0 Å². The van der Waals surface area contributed by atoms with E-state index in [-0.39, 0.29) is 0 Å². The van der Waals surface area contributed by atoms with Gasteiger partial charge in [0.05, 0.1) is 17.0 Å². The molecule has 1 aromatic heterocycles. The minimum absolute atomic E-state index is 0.388. The minimum atomic E-state index is -4.68. The van der Waals surface area contributed by atoms with Gasteiger partial charge in [0, 0.05) is 18.3 Å². The summed E-state index contributed by atoms with van der Waals surface area (Å²) in [6.07, 6.45) is -3.17. The average Bonchev–Trinajstić information content (AvgIpc) is 3.12. The first-order valence-electron chi connectivity index (χ1n) is 8.47. The maximum absolute atomic E-state index is 12.8. The standard InChI is InChI=1S/C18H16F3N5O3S/c1-26-11-22-25-17(26)12-4-2-6-14(8-12)24-16(27)10-23-30(28,29)15-7-3-5-13(9-15)18(19,20)21/h2-9,11,23H,10H2,1H3,(H,24,27). The molecule has 0 atom stereocenters. The van der Waals surface area contributed by atoms with Crippen LogP contribution in [0.5, 0.6) is 0 Å². The number of rotatable bonds is 6. The Morgan fingerprint density at radius 3 is 2.53 bits per heavy atom. The number of alkyl halides is 3. The third-order valence-electron chi connectivity index (χ3n) is 4.01. The zero-order valence-corrected chi connectivity index (χ0v) is 16.3. The molecule has 0 aliphatic heterocycles. The molecule has 3 rings (SSSR count). The highest BCUT2D eigenvalue weighted by Crippen LogP contribution is 2.30. The van der Waals surface area contributed by atoms with E-state index in [1.165, 1.54) is 6.33 Å². The lowest BCUT2D eigenvalue weighted by molar-refractivity contribution is -0.137. The number of sulfonamides is 1. The largest absolute Gasteiger partial charge is 0.416 e. The number of aromatic nitrogens is 3. The van der Waals surface area contributed by atoms with E-state index < -0.39 is 39.1 Å². The molecule has 0 fully saturated rings. The Kier molecular flexibility index (Phi) is 5.89. The minimum Gasteiger partial charge on any atom is -0.325 e. The van der Waals surface area contributed by atoms with E-state index >= 15 is 0 Å². The second-order valence-corrected chi connectivity index (χ2v) is 8.01. The molecule has 2 aromatic carbocycles. The molecule has 12 heteroatoms. The van der Waals surface area contributed by atoms with Crippen LogP contribution in [0.3, 0.4) is 0 Å². The van der Waals surface area contributed by atoms with Gasteiger partial charge in [-0.2, -0.15) is 13.2 Å². The van der Waals surface area contributed by atoms with Crippen LogP contribution < -0.4 is 10.0 Å². The molecule has 0 spiro atoms. The van der Waals surface area contributed by atoms with Crippen molar-refractivity contribution in [1.82, 2.24) is 19.5 Å². The molecule has 30 heavy (non-hydrogen) atoms. The van der Waals surface area contributed by atoms with Crippen LogP contribution in [-0.4, -0.2) is 35.6 Å². The van der Waals surface area contributed by atoms with Gasteiger partial charge in [-0.15, -0.1) is 10.2 Å². The predicted octanol–water partition coefficient (Wildman–Crippen LogP) is 2.42. The second kappa shape index (κ2) is 8.24. The predicted molar refractivity (Wildman–Crippen MR) is 102 cm³/mol. The number of carbonyl (C=O) groups is 1. The topological polar surface area (TPSA) is 106 Å². The summed E-state index contributed by atoms with van der Waals surface area (Å²) in [5.41, 5.74) is -0.0356. The van der Waals surface area contributed by atoms with Crippen LogP contribution >= 0.6 is 0 Å². The summed E-state index contributed by atoms with van der Waals surface area (Å²) in [4.78, 5) is 11.5. The Balaban J connectivity index is 1.67. The van der Waals surface area contributed by atoms with Crippen molar-refractivity contribution >= 4 is 21.6 Å². The van der Waals surface area contributed by atoms with Gasteiger partial charge in [-0.1, -0.05) is 18.2 Å². The maximum Gasteiger partial charge on any atom is 0.416 e. The number of amides is 1. The van der Waals surface area contributed by atoms with Gasteiger partial charge in [-0.05, 0) is 30.3 Å². The third kappa shape index (κ3) is 5.02. The van der Waals surface area contributed by atoms with E-state index in [0.29, 0.717) is 23.1 Å². The van der Waals surface area contributed by atoms with Crippen LogP contribution in [0.15, 0.2) is 59.8 Å². The van der Waals surface area contributed by atoms with Crippen molar-refractivity contribution < 1.29 is 26.4 Å². The fourth-order valence-electron chi connectivity index (χ4n) is 2.57. The number of halogens is 3. The van der Waals surface area contributed by atoms with E-state index in [9.17, 15) is 26.4 Å². The fraction of sp³-hybridized carbons (Fsp3) is 0.167. The van der Waals surface area contributed by atoms with Crippen molar-refractivity contribution in [2.75, 3.05) is 11.9 Å². The molecule has 2 N–H and O–H groups in total. The number of nitrogens with zero attached hydrogens (tertiary/aromatic N) is 3. The van der Waals surface area contributed by atoms with Crippen molar-refractivity contribution in [1.29, 1.82) is 0 Å². The van der Waals surface area contributed by atoms with Crippen LogP contribution in [0.25, 0.3) is 11.4 Å². The first-order valence-corrected chi connectivity index (χ1v) is 9.96. The molecule has 1 heterocycles. The summed E-state index contributed by atoms with van der Waals surface area (Å²) in [6, 6.07) is 9.92. The molecule has 1 amide bonds. The van der Waals surface area contributed by atoms with E-state index in [1.807, 2.05) is 4.72 Å². The highest BCUT2D eigenvalue weighted by Gasteiger charge is 2.31. The van der Waals surface area contributed by atoms with E-state index in [2.05, 4.69) is 15.5 Å². The van der Waals surface area contributed by atoms with Gasteiger partial charge < -0.3 is 9.88 Å². The molecule has 8 nitrogen and oxygen atoms in total. The van der Waals surface area contributed by atoms with Gasteiger partial charge in [0.1, 0.15) is 6.33 Å². The van der Waals surface area contributed by atoms with Crippen LogP contribution in [0.4, 0.5) is 18.9 Å². The summed E-state index contributed by atoms with van der Waals surface area (Å²) >= 11 is 0. The smallest absolute Gasteiger partial charge is 0.325 e. The lowest BCUT2D eigenvalue weighted by Crippen LogP contribution is -2.33. The molecule has 0 aliphatic carbocycles. The molecular weight excluding hydrogens is 423 g/mol. The van der Waals surface area contributed by atoms with Crippen molar-refractivity contribution in [3.63, 3.8) is 0 Å². The number of carbonyl (C=O) groups excluding carboxylic acids is 1. The number of benzene rings is 2. The Labute approximate surface area is 169 Å². The van der Waals surface area contributed by atoms with Gasteiger partial charge in [0.15, 0.2) is 5.82 Å². The van der Waals surface area contributed by atoms with Crippen molar-refractivity contribution in [3.8, 4) is 11.4 Å². The van der Waals surface area contributed by atoms with Gasteiger partial charge in [-0.3, -0.25) is 4.79 Å². The SMILES string of the molecule is Cn1cnnc1-c1cccc(NC(=O)CNS(=O)(=O)c2cccc(C(F)(F)F)c2)c1. The zero-order valence-electron chi connectivity index (χ0n) is 15.5. The monoisotopic (exact) mass is 439 g/mol. The average molecular weight is 439 g/mol. The van der Waals surface area contributed by atoms with E-state index in [1.54, 1.807) is 35.9 Å². The number of hydrogen-bond acceptors (Lipinski definition) is 5. The summed E-state index contributed by atoms with van der Waals surface area (Å²) in [6.45, 7) is -0.660. The Morgan fingerprint density at radius 1 is 1.13 bits per heavy atom. The van der Waals surface area contributed by atoms with Crippen LogP contribution in [0.1, 0.15) is 5.56 Å². The lowest BCUT2D eigenvalue weighted by Gasteiger charge is -2.11. The molecule has 0 saturated heterocycles. The number of nitrogens with one attached hydrogen (secondary N) is 2. The molecule has 0 unspecified atom stereocenters. The van der Waals surface area contributed by atoms with Crippen molar-refractivity contribution in [2.24, 2.45) is 7.05 Å². The van der Waals surface area contributed by atoms with Crippen LogP contribution in [0.2, 0.25) is 0 Å². The number of anilines is 1. The summed E-state index contributed by atoms with van der Waals surface area (Å²) in [5.74, 6) is -0.128. The van der Waals surface area contributed by atoms with Gasteiger partial charge >= 0.3 is 6.18 Å². The molecule has 0 bridgehead atoms. The Bertz CT molecular complexity index is 1180. The summed E-state index contributed by atoms with van der Waals surface area (Å²) in [5, 5.41) is 10.3. The quantitative estimate of drug-likeness (QED) is 0.614. The molecule has 158 valence electrons. The summed E-state index contributed by atoms with van der Waals surface area (Å²) < 4.78 is 66.5. The molecule has 0 radical (unpaired) electrons. The number of hydrogen-bond donors (Lipinski definition) is 2. The van der Waals surface area contributed by atoms with Gasteiger partial charge in [0.2, 0.25) is 15.9 Å². The number of aryl methyl sites for hydroxylation is 1. The maximum atomic E-state index is 12.8. The first-order chi connectivity index (χ1) is 14.1. The van der Waals surface area contributed by atoms with E-state index in [4.69, 9.17) is 0 Å². The zero-order chi connectivity index (χ0) is 21.9. The van der Waals surface area contributed by atoms with Gasteiger partial charge in [-0.25, -0.2) is 13.1 Å². The Hall–Kier alpha value is -3.25. The van der Waals surface area contributed by atoms with Crippen LogP contribution in [0, 0.1) is 0 Å². The first kappa shape index (κ1) is 21.5. The molecule has 0 aliphatic rings. The molecule has 3 aromatic rings. The second-order valence-electron chi connectivity index (χ2n) is 6.24. The van der Waals surface area contributed by atoms with E-state index in [0.717, 1.165) is 18.2 Å². The van der Waals surface area contributed by atoms with Crippen molar-refractivity contribution in [2.45, 2.75) is 11.1 Å². The highest BCUT2D eigenvalue weighted by molar-refractivity contribution is 7.89. The third-order valence-corrected chi connectivity index (χ3v) is 5.41. The summed E-state index contributed by atoms with van der Waals surface area (Å²) in [7, 11) is -2.56. The lowest BCUT2D eigenvalue weighted by atomic mass is 10.2. The highest BCUT2D eigenvalue weighted by atomic mass is 32.2.